The van der Waals surface area contributed by atoms with Crippen LogP contribution in [0, 0.1) is 0 Å². The van der Waals surface area contributed by atoms with Crippen LogP contribution in [0.2, 0.25) is 0 Å². The molecule has 2 aliphatic rings. The molecule has 2 fully saturated rings. The fraction of sp³-hybridized carbons (Fsp3) is 0.615. The molecule has 2 heterocycles. The molecule has 21 heavy (non-hydrogen) atoms. The van der Waals surface area contributed by atoms with Gasteiger partial charge in [0, 0.05) is 19.1 Å². The Morgan fingerprint density at radius 1 is 1.38 bits per heavy atom. The van der Waals surface area contributed by atoms with Gasteiger partial charge in [0.25, 0.3) is 5.91 Å². The molecule has 6 nitrogen and oxygen atoms in total. The second kappa shape index (κ2) is 5.68. The first-order valence-corrected chi connectivity index (χ1v) is 8.93. The standard InChI is InChI=1S/C13H19N3O3S2/c1-20-11-9(14)10(12(19)15-6-2-3-6)21-13(11)16-4-7(17)8(18)5-16/h6-8,17-18H,2-5,14H2,1H3,(H,15,19). The number of carbonyl (C=O) groups is 1. The van der Waals surface area contributed by atoms with E-state index in [1.54, 1.807) is 0 Å². The number of thioether (sulfide) groups is 1. The number of anilines is 2. The molecule has 3 rings (SSSR count). The maximum Gasteiger partial charge on any atom is 0.263 e. The van der Waals surface area contributed by atoms with Crippen LogP contribution in [-0.2, 0) is 0 Å². The van der Waals surface area contributed by atoms with Crippen LogP contribution in [0.5, 0.6) is 0 Å². The topological polar surface area (TPSA) is 98.8 Å². The second-order valence-corrected chi connectivity index (χ2v) is 7.29. The van der Waals surface area contributed by atoms with Crippen molar-refractivity contribution in [3.05, 3.63) is 4.88 Å². The van der Waals surface area contributed by atoms with Crippen LogP contribution in [0.3, 0.4) is 0 Å². The highest BCUT2D eigenvalue weighted by atomic mass is 32.2. The number of nitrogens with one attached hydrogen (secondary N) is 1. The zero-order valence-corrected chi connectivity index (χ0v) is 13.3. The van der Waals surface area contributed by atoms with Gasteiger partial charge in [-0.3, -0.25) is 4.79 Å². The maximum atomic E-state index is 12.2. The number of hydrogen-bond donors (Lipinski definition) is 4. The van der Waals surface area contributed by atoms with Crippen molar-refractivity contribution in [3.63, 3.8) is 0 Å². The molecule has 0 bridgehead atoms. The van der Waals surface area contributed by atoms with E-state index in [-0.39, 0.29) is 11.9 Å². The molecule has 1 saturated heterocycles. The van der Waals surface area contributed by atoms with Crippen molar-refractivity contribution in [2.24, 2.45) is 0 Å². The Morgan fingerprint density at radius 3 is 2.52 bits per heavy atom. The van der Waals surface area contributed by atoms with Gasteiger partial charge in [0.1, 0.15) is 9.88 Å². The van der Waals surface area contributed by atoms with Gasteiger partial charge < -0.3 is 26.2 Å². The largest absolute Gasteiger partial charge is 0.396 e. The van der Waals surface area contributed by atoms with Crippen molar-refractivity contribution in [2.75, 3.05) is 30.0 Å². The minimum absolute atomic E-state index is 0.123. The number of aliphatic hydroxyl groups is 2. The van der Waals surface area contributed by atoms with E-state index in [2.05, 4.69) is 5.32 Å². The first-order chi connectivity index (χ1) is 10.0. The molecule has 1 aromatic rings. The van der Waals surface area contributed by atoms with Crippen LogP contribution in [0.4, 0.5) is 10.7 Å². The molecule has 8 heteroatoms. The smallest absolute Gasteiger partial charge is 0.263 e. The molecule has 0 aromatic carbocycles. The quantitative estimate of drug-likeness (QED) is 0.600. The summed E-state index contributed by atoms with van der Waals surface area (Å²) in [4.78, 5) is 15.5. The summed E-state index contributed by atoms with van der Waals surface area (Å²) in [7, 11) is 0. The van der Waals surface area contributed by atoms with Crippen molar-refractivity contribution in [2.45, 2.75) is 36.0 Å². The normalized spacial score (nSPS) is 25.4. The zero-order chi connectivity index (χ0) is 15.1. The van der Waals surface area contributed by atoms with Crippen molar-refractivity contribution in [1.29, 1.82) is 0 Å². The third-order valence-electron chi connectivity index (χ3n) is 3.75. The molecule has 1 aliphatic carbocycles. The van der Waals surface area contributed by atoms with Gasteiger partial charge in [-0.2, -0.15) is 0 Å². The third kappa shape index (κ3) is 2.85. The summed E-state index contributed by atoms with van der Waals surface area (Å²) in [5.41, 5.74) is 6.62. The van der Waals surface area contributed by atoms with Crippen LogP contribution >= 0.6 is 23.1 Å². The lowest BCUT2D eigenvalue weighted by Gasteiger charge is -2.16. The van der Waals surface area contributed by atoms with Crippen molar-refractivity contribution < 1.29 is 15.0 Å². The Kier molecular flexibility index (Phi) is 4.04. The van der Waals surface area contributed by atoms with Gasteiger partial charge in [-0.05, 0) is 19.1 Å². The van der Waals surface area contributed by atoms with E-state index in [4.69, 9.17) is 5.73 Å². The van der Waals surface area contributed by atoms with E-state index in [1.807, 2.05) is 11.2 Å². The van der Waals surface area contributed by atoms with Gasteiger partial charge in [-0.25, -0.2) is 0 Å². The Balaban J connectivity index is 1.87. The number of nitrogens with zero attached hydrogens (tertiary/aromatic N) is 1. The molecular formula is C13H19N3O3S2. The first kappa shape index (κ1) is 15.0. The van der Waals surface area contributed by atoms with E-state index >= 15 is 0 Å². The maximum absolute atomic E-state index is 12.2. The van der Waals surface area contributed by atoms with E-state index in [9.17, 15) is 15.0 Å². The number of thiophene rings is 1. The first-order valence-electron chi connectivity index (χ1n) is 6.89. The van der Waals surface area contributed by atoms with Crippen LogP contribution in [0.15, 0.2) is 4.90 Å². The number of carbonyl (C=O) groups excluding carboxylic acids is 1. The Hall–Kier alpha value is -0.960. The Labute approximate surface area is 131 Å². The zero-order valence-electron chi connectivity index (χ0n) is 11.7. The second-order valence-electron chi connectivity index (χ2n) is 5.47. The molecule has 0 spiro atoms. The summed E-state index contributed by atoms with van der Waals surface area (Å²) < 4.78 is 0. The van der Waals surface area contributed by atoms with Crippen LogP contribution in [0.1, 0.15) is 22.5 Å². The number of β-amino-alcohol motifs (C(OH)–C–C–N with tert-alkyl or cyclic N) is 2. The molecular weight excluding hydrogens is 310 g/mol. The van der Waals surface area contributed by atoms with Gasteiger partial charge in [0.2, 0.25) is 0 Å². The minimum Gasteiger partial charge on any atom is -0.396 e. The Bertz CT molecular complexity index is 549. The molecule has 1 aromatic heterocycles. The highest BCUT2D eigenvalue weighted by Crippen LogP contribution is 2.45. The number of rotatable bonds is 4. The van der Waals surface area contributed by atoms with Crippen LogP contribution in [-0.4, -0.2) is 53.7 Å². The minimum atomic E-state index is -0.758. The molecule has 1 saturated carbocycles. The molecule has 1 amide bonds. The van der Waals surface area contributed by atoms with Gasteiger partial charge in [0.05, 0.1) is 22.8 Å². The molecule has 2 unspecified atom stereocenters. The summed E-state index contributed by atoms with van der Waals surface area (Å²) in [5, 5.41) is 23.2. The SMILES string of the molecule is CSc1c(N2CC(O)C(O)C2)sc(C(=O)NC2CC2)c1N. The summed E-state index contributed by atoms with van der Waals surface area (Å²) >= 11 is 2.82. The monoisotopic (exact) mass is 329 g/mol. The fourth-order valence-corrected chi connectivity index (χ4v) is 4.51. The van der Waals surface area contributed by atoms with Gasteiger partial charge in [0.15, 0.2) is 0 Å². The third-order valence-corrected chi connectivity index (χ3v) is 5.97. The van der Waals surface area contributed by atoms with Crippen LogP contribution in [0.25, 0.3) is 0 Å². The highest BCUT2D eigenvalue weighted by molar-refractivity contribution is 7.99. The predicted octanol–water partition coefficient (Wildman–Crippen LogP) is 0.486. The molecule has 5 N–H and O–H groups in total. The predicted molar refractivity (Wildman–Crippen MR) is 85.2 cm³/mol. The molecule has 1 aliphatic heterocycles. The lowest BCUT2D eigenvalue weighted by Crippen LogP contribution is -2.25. The van der Waals surface area contributed by atoms with E-state index in [0.29, 0.717) is 23.7 Å². The molecule has 2 atom stereocenters. The lowest BCUT2D eigenvalue weighted by molar-refractivity contribution is 0.0572. The molecule has 0 radical (unpaired) electrons. The number of amides is 1. The van der Waals surface area contributed by atoms with Crippen molar-refractivity contribution in [3.8, 4) is 0 Å². The van der Waals surface area contributed by atoms with Crippen LogP contribution < -0.4 is 16.0 Å². The van der Waals surface area contributed by atoms with Gasteiger partial charge >= 0.3 is 0 Å². The van der Waals surface area contributed by atoms with E-state index < -0.39 is 12.2 Å². The summed E-state index contributed by atoms with van der Waals surface area (Å²) in [6.07, 6.45) is 2.46. The average molecular weight is 329 g/mol. The average Bonchev–Trinajstić information content (AvgIpc) is 3.10. The number of hydrogen-bond acceptors (Lipinski definition) is 7. The Morgan fingerprint density at radius 2 is 2.00 bits per heavy atom. The number of aliphatic hydroxyl groups excluding tert-OH is 2. The summed E-state index contributed by atoms with van der Waals surface area (Å²) in [5.74, 6) is -0.123. The number of nitrogens with two attached hydrogens (primary N) is 1. The van der Waals surface area contributed by atoms with Crippen molar-refractivity contribution >= 4 is 39.7 Å². The summed E-state index contributed by atoms with van der Waals surface area (Å²) in [6.45, 7) is 0.719. The number of nitrogen functional groups attached to an aromatic ring is 1. The van der Waals surface area contributed by atoms with Gasteiger partial charge in [-0.15, -0.1) is 23.1 Å². The van der Waals surface area contributed by atoms with E-state index in [1.165, 1.54) is 23.1 Å². The fourth-order valence-electron chi connectivity index (χ4n) is 2.40. The highest BCUT2D eigenvalue weighted by Gasteiger charge is 2.34. The summed E-state index contributed by atoms with van der Waals surface area (Å²) in [6, 6.07) is 0.288. The van der Waals surface area contributed by atoms with Crippen molar-refractivity contribution in [1.82, 2.24) is 5.32 Å². The lowest BCUT2D eigenvalue weighted by atomic mass is 10.3. The molecule has 116 valence electrons. The van der Waals surface area contributed by atoms with E-state index in [0.717, 1.165) is 22.7 Å². The van der Waals surface area contributed by atoms with Gasteiger partial charge in [-0.1, -0.05) is 0 Å².